The molecule has 1 N–H and O–H groups in total. The standard InChI is InChI=1S/C36H50N2O/c1-2-3-4-5-6-7-8-9-10-11-12-13-14-15-22-31-36(39)37-34-29-23-24-30-35(34)38(32-25-18-16-19-26-32)33-27-20-17-21-28-33/h16-21,23-30H,2-15,22,31H2,1H3,(H,37,39). The molecule has 3 heteroatoms. The first-order valence-corrected chi connectivity index (χ1v) is 15.6. The molecule has 0 saturated carbocycles. The monoisotopic (exact) mass is 526 g/mol. The van der Waals surface area contributed by atoms with Crippen molar-refractivity contribution in [3.8, 4) is 0 Å². The molecule has 3 rings (SSSR count). The molecule has 39 heavy (non-hydrogen) atoms. The molecule has 1 amide bonds. The number of anilines is 4. The SMILES string of the molecule is CCCCCCCCCCCCCCCCCC(=O)Nc1ccccc1N(c1ccccc1)c1ccccc1. The van der Waals surface area contributed by atoms with Gasteiger partial charge in [-0.2, -0.15) is 0 Å². The van der Waals surface area contributed by atoms with Gasteiger partial charge in [0.25, 0.3) is 0 Å². The van der Waals surface area contributed by atoms with E-state index in [-0.39, 0.29) is 5.91 Å². The van der Waals surface area contributed by atoms with E-state index in [9.17, 15) is 4.79 Å². The third-order valence-corrected chi connectivity index (χ3v) is 7.46. The van der Waals surface area contributed by atoms with Gasteiger partial charge in [-0.25, -0.2) is 0 Å². The highest BCUT2D eigenvalue weighted by Gasteiger charge is 2.16. The number of benzene rings is 3. The maximum Gasteiger partial charge on any atom is 0.224 e. The molecular weight excluding hydrogens is 476 g/mol. The predicted molar refractivity (Wildman–Crippen MR) is 169 cm³/mol. The average Bonchev–Trinajstić information content (AvgIpc) is 2.97. The number of para-hydroxylation sites is 4. The molecule has 0 radical (unpaired) electrons. The lowest BCUT2D eigenvalue weighted by Crippen LogP contribution is -2.16. The fourth-order valence-electron chi connectivity index (χ4n) is 5.23. The Bertz CT molecular complexity index is 995. The summed E-state index contributed by atoms with van der Waals surface area (Å²) in [7, 11) is 0. The Balaban J connectivity index is 1.35. The number of nitrogens with one attached hydrogen (secondary N) is 1. The van der Waals surface area contributed by atoms with E-state index < -0.39 is 0 Å². The number of carbonyl (C=O) groups is 1. The Morgan fingerprint density at radius 2 is 0.949 bits per heavy atom. The first-order chi connectivity index (χ1) is 19.3. The lowest BCUT2D eigenvalue weighted by molar-refractivity contribution is -0.116. The summed E-state index contributed by atoms with van der Waals surface area (Å²) in [6.07, 6.45) is 20.5. The molecule has 0 bridgehead atoms. The molecule has 3 aromatic carbocycles. The van der Waals surface area contributed by atoms with Crippen LogP contribution in [0.25, 0.3) is 0 Å². The van der Waals surface area contributed by atoms with Gasteiger partial charge in [-0.3, -0.25) is 4.79 Å². The summed E-state index contributed by atoms with van der Waals surface area (Å²) in [4.78, 5) is 15.1. The Morgan fingerprint density at radius 3 is 1.44 bits per heavy atom. The van der Waals surface area contributed by atoms with E-state index in [1.54, 1.807) is 0 Å². The van der Waals surface area contributed by atoms with Crippen LogP contribution in [-0.4, -0.2) is 5.91 Å². The van der Waals surface area contributed by atoms with Gasteiger partial charge in [0.15, 0.2) is 0 Å². The fraction of sp³-hybridized carbons (Fsp3) is 0.472. The summed E-state index contributed by atoms with van der Waals surface area (Å²) >= 11 is 0. The van der Waals surface area contributed by atoms with Crippen molar-refractivity contribution in [2.45, 2.75) is 110 Å². The van der Waals surface area contributed by atoms with Crippen molar-refractivity contribution in [2.24, 2.45) is 0 Å². The van der Waals surface area contributed by atoms with E-state index in [1.165, 1.54) is 83.5 Å². The molecule has 0 aliphatic heterocycles. The molecule has 3 aromatic rings. The fourth-order valence-corrected chi connectivity index (χ4v) is 5.23. The molecule has 0 heterocycles. The number of carbonyl (C=O) groups excluding carboxylic acids is 1. The van der Waals surface area contributed by atoms with Crippen LogP contribution in [0.3, 0.4) is 0 Å². The minimum Gasteiger partial charge on any atom is -0.324 e. The summed E-state index contributed by atoms with van der Waals surface area (Å²) < 4.78 is 0. The van der Waals surface area contributed by atoms with E-state index in [1.807, 2.05) is 54.6 Å². The summed E-state index contributed by atoms with van der Waals surface area (Å²) in [6, 6.07) is 28.7. The van der Waals surface area contributed by atoms with Gasteiger partial charge in [0.2, 0.25) is 5.91 Å². The van der Waals surface area contributed by atoms with Gasteiger partial charge in [0.05, 0.1) is 11.4 Å². The highest BCUT2D eigenvalue weighted by molar-refractivity contribution is 5.96. The van der Waals surface area contributed by atoms with Crippen molar-refractivity contribution in [1.82, 2.24) is 0 Å². The molecule has 0 aliphatic carbocycles. The predicted octanol–water partition coefficient (Wildman–Crippen LogP) is 11.4. The number of rotatable bonds is 20. The van der Waals surface area contributed by atoms with Crippen LogP contribution in [0, 0.1) is 0 Å². The van der Waals surface area contributed by atoms with Crippen LogP contribution in [0.1, 0.15) is 110 Å². The third-order valence-electron chi connectivity index (χ3n) is 7.46. The number of hydrogen-bond donors (Lipinski definition) is 1. The van der Waals surface area contributed by atoms with Gasteiger partial charge in [-0.1, -0.05) is 145 Å². The van der Waals surface area contributed by atoms with Crippen molar-refractivity contribution in [3.05, 3.63) is 84.9 Å². The van der Waals surface area contributed by atoms with Gasteiger partial charge in [0.1, 0.15) is 0 Å². The first-order valence-electron chi connectivity index (χ1n) is 15.6. The molecule has 0 atom stereocenters. The van der Waals surface area contributed by atoms with E-state index in [2.05, 4.69) is 47.5 Å². The number of amides is 1. The second kappa shape index (κ2) is 19.1. The van der Waals surface area contributed by atoms with Gasteiger partial charge >= 0.3 is 0 Å². The molecule has 0 aliphatic rings. The summed E-state index contributed by atoms with van der Waals surface area (Å²) in [5, 5.41) is 3.20. The minimum absolute atomic E-state index is 0.0956. The number of hydrogen-bond acceptors (Lipinski definition) is 2. The Labute approximate surface area is 238 Å². The maximum atomic E-state index is 12.9. The summed E-state index contributed by atoms with van der Waals surface area (Å²) in [6.45, 7) is 2.28. The molecule has 0 aromatic heterocycles. The second-order valence-corrected chi connectivity index (χ2v) is 10.8. The minimum atomic E-state index is 0.0956. The van der Waals surface area contributed by atoms with Gasteiger partial charge in [-0.05, 0) is 42.8 Å². The Hall–Kier alpha value is -3.07. The van der Waals surface area contributed by atoms with Crippen molar-refractivity contribution < 1.29 is 4.79 Å². The van der Waals surface area contributed by atoms with E-state index in [4.69, 9.17) is 0 Å². The van der Waals surface area contributed by atoms with Crippen molar-refractivity contribution in [2.75, 3.05) is 10.2 Å². The van der Waals surface area contributed by atoms with Gasteiger partial charge < -0.3 is 10.2 Å². The van der Waals surface area contributed by atoms with Crippen molar-refractivity contribution in [1.29, 1.82) is 0 Å². The lowest BCUT2D eigenvalue weighted by atomic mass is 10.0. The van der Waals surface area contributed by atoms with Gasteiger partial charge in [0, 0.05) is 17.8 Å². The number of nitrogens with zero attached hydrogens (tertiary/aromatic N) is 1. The quantitative estimate of drug-likeness (QED) is 0.148. The van der Waals surface area contributed by atoms with E-state index in [0.29, 0.717) is 6.42 Å². The largest absolute Gasteiger partial charge is 0.324 e. The van der Waals surface area contributed by atoms with Crippen LogP contribution in [0.5, 0.6) is 0 Å². The smallest absolute Gasteiger partial charge is 0.224 e. The topological polar surface area (TPSA) is 32.3 Å². The molecule has 210 valence electrons. The van der Waals surface area contributed by atoms with Gasteiger partial charge in [-0.15, -0.1) is 0 Å². The normalized spacial score (nSPS) is 10.9. The molecule has 0 fully saturated rings. The van der Waals surface area contributed by atoms with Crippen LogP contribution < -0.4 is 10.2 Å². The molecule has 0 saturated heterocycles. The average molecular weight is 527 g/mol. The first kappa shape index (κ1) is 30.5. The molecule has 3 nitrogen and oxygen atoms in total. The van der Waals surface area contributed by atoms with Crippen LogP contribution >= 0.6 is 0 Å². The van der Waals surface area contributed by atoms with Crippen molar-refractivity contribution >= 4 is 28.7 Å². The summed E-state index contributed by atoms with van der Waals surface area (Å²) in [5.74, 6) is 0.0956. The van der Waals surface area contributed by atoms with Crippen LogP contribution in [0.15, 0.2) is 84.9 Å². The summed E-state index contributed by atoms with van der Waals surface area (Å²) in [5.41, 5.74) is 3.94. The molecule has 0 spiro atoms. The zero-order valence-electron chi connectivity index (χ0n) is 24.3. The lowest BCUT2D eigenvalue weighted by Gasteiger charge is -2.27. The Kier molecular flexibility index (Phi) is 14.9. The van der Waals surface area contributed by atoms with E-state index in [0.717, 1.165) is 35.6 Å². The van der Waals surface area contributed by atoms with Crippen LogP contribution in [-0.2, 0) is 4.79 Å². The zero-order chi connectivity index (χ0) is 27.4. The van der Waals surface area contributed by atoms with Crippen molar-refractivity contribution in [3.63, 3.8) is 0 Å². The maximum absolute atomic E-state index is 12.9. The third kappa shape index (κ3) is 11.7. The zero-order valence-corrected chi connectivity index (χ0v) is 24.3. The highest BCUT2D eigenvalue weighted by Crippen LogP contribution is 2.38. The Morgan fingerprint density at radius 1 is 0.538 bits per heavy atom. The number of unbranched alkanes of at least 4 members (excludes halogenated alkanes) is 14. The second-order valence-electron chi connectivity index (χ2n) is 10.8. The van der Waals surface area contributed by atoms with Crippen LogP contribution in [0.2, 0.25) is 0 Å². The van der Waals surface area contributed by atoms with Crippen LogP contribution in [0.4, 0.5) is 22.7 Å². The van der Waals surface area contributed by atoms with E-state index >= 15 is 0 Å². The highest BCUT2D eigenvalue weighted by atomic mass is 16.1. The molecular formula is C36H50N2O. The molecule has 0 unspecified atom stereocenters.